The first-order valence-electron chi connectivity index (χ1n) is 7.99. The van der Waals surface area contributed by atoms with Crippen molar-refractivity contribution in [1.29, 1.82) is 5.41 Å². The highest BCUT2D eigenvalue weighted by molar-refractivity contribution is 14.1. The minimum absolute atomic E-state index is 0.396. The molecule has 0 aliphatic heterocycles. The third-order valence-electron chi connectivity index (χ3n) is 3.95. The molecule has 0 atom stereocenters. The van der Waals surface area contributed by atoms with Crippen LogP contribution >= 0.6 is 22.6 Å². The standard InChI is InChI=1S/C19H16IN3O2/c20-6-2-8-24-14-4-5-18-15(10-14)16(21)11-19(25-18)17-9-13-3-1-7-23(13)12-22-17/h1,3-5,7,9-12,21H,2,6,8H2. The summed E-state index contributed by atoms with van der Waals surface area (Å²) in [6.45, 7) is 0.679. The van der Waals surface area contributed by atoms with E-state index in [9.17, 15) is 0 Å². The number of nitrogens with zero attached hydrogens (tertiary/aromatic N) is 2. The summed E-state index contributed by atoms with van der Waals surface area (Å²) in [6.07, 6.45) is 4.70. The predicted molar refractivity (Wildman–Crippen MR) is 105 cm³/mol. The van der Waals surface area contributed by atoms with Crippen molar-refractivity contribution in [3.63, 3.8) is 0 Å². The second kappa shape index (κ2) is 6.87. The van der Waals surface area contributed by atoms with Crippen LogP contribution in [0.4, 0.5) is 0 Å². The summed E-state index contributed by atoms with van der Waals surface area (Å²) in [6, 6.07) is 13.2. The van der Waals surface area contributed by atoms with E-state index in [2.05, 4.69) is 27.6 Å². The first-order chi connectivity index (χ1) is 12.2. The lowest BCUT2D eigenvalue weighted by Gasteiger charge is -2.08. The topological polar surface area (TPSA) is 63.5 Å². The highest BCUT2D eigenvalue weighted by Crippen LogP contribution is 2.24. The lowest BCUT2D eigenvalue weighted by atomic mass is 10.2. The van der Waals surface area contributed by atoms with E-state index in [1.54, 1.807) is 12.4 Å². The van der Waals surface area contributed by atoms with Crippen LogP contribution in [-0.4, -0.2) is 20.4 Å². The summed E-state index contributed by atoms with van der Waals surface area (Å²) in [5.74, 6) is 1.35. The Bertz CT molecular complexity index is 1100. The lowest BCUT2D eigenvalue weighted by molar-refractivity contribution is 0.320. The Morgan fingerprint density at radius 3 is 3.00 bits per heavy atom. The van der Waals surface area contributed by atoms with Gasteiger partial charge in [-0.25, -0.2) is 4.98 Å². The van der Waals surface area contributed by atoms with Gasteiger partial charge in [-0.2, -0.15) is 0 Å². The largest absolute Gasteiger partial charge is 0.494 e. The zero-order valence-corrected chi connectivity index (χ0v) is 15.6. The number of fused-ring (bicyclic) bond motifs is 2. The Hall–Kier alpha value is -2.35. The van der Waals surface area contributed by atoms with Gasteiger partial charge in [-0.05, 0) is 42.8 Å². The molecule has 0 fully saturated rings. The number of nitrogens with one attached hydrogen (secondary N) is 1. The van der Waals surface area contributed by atoms with Crippen molar-refractivity contribution in [2.45, 2.75) is 6.42 Å². The molecule has 0 spiro atoms. The van der Waals surface area contributed by atoms with Crippen molar-refractivity contribution in [2.75, 3.05) is 11.0 Å². The van der Waals surface area contributed by atoms with Gasteiger partial charge in [-0.3, -0.25) is 5.41 Å². The Morgan fingerprint density at radius 1 is 1.20 bits per heavy atom. The van der Waals surface area contributed by atoms with E-state index in [0.29, 0.717) is 29.0 Å². The van der Waals surface area contributed by atoms with Gasteiger partial charge in [0.05, 0.1) is 18.3 Å². The van der Waals surface area contributed by atoms with E-state index in [1.807, 2.05) is 47.0 Å². The maximum atomic E-state index is 8.35. The van der Waals surface area contributed by atoms with E-state index in [1.165, 1.54) is 0 Å². The molecule has 0 saturated carbocycles. The van der Waals surface area contributed by atoms with Crippen molar-refractivity contribution in [1.82, 2.24) is 9.38 Å². The number of rotatable bonds is 5. The van der Waals surface area contributed by atoms with Crippen LogP contribution in [0.25, 0.3) is 27.9 Å². The van der Waals surface area contributed by atoms with Gasteiger partial charge >= 0.3 is 0 Å². The molecule has 0 amide bonds. The van der Waals surface area contributed by atoms with Gasteiger partial charge in [0, 0.05) is 27.6 Å². The maximum Gasteiger partial charge on any atom is 0.155 e. The monoisotopic (exact) mass is 445 g/mol. The number of aromatic nitrogens is 2. The minimum atomic E-state index is 0.396. The molecule has 1 N–H and O–H groups in total. The van der Waals surface area contributed by atoms with Crippen LogP contribution in [0, 0.1) is 5.41 Å². The van der Waals surface area contributed by atoms with Crippen LogP contribution in [0.5, 0.6) is 5.75 Å². The van der Waals surface area contributed by atoms with Crippen LogP contribution in [0.3, 0.4) is 0 Å². The van der Waals surface area contributed by atoms with Gasteiger partial charge in [-0.1, -0.05) is 22.6 Å². The number of hydrogen-bond donors (Lipinski definition) is 1. The fourth-order valence-corrected chi connectivity index (χ4v) is 3.01. The zero-order valence-electron chi connectivity index (χ0n) is 13.4. The molecule has 126 valence electrons. The second-order valence-electron chi connectivity index (χ2n) is 5.69. The molecule has 0 aliphatic carbocycles. The van der Waals surface area contributed by atoms with E-state index >= 15 is 0 Å². The average molecular weight is 445 g/mol. The summed E-state index contributed by atoms with van der Waals surface area (Å²) in [4.78, 5) is 4.43. The Kier molecular flexibility index (Phi) is 4.44. The molecule has 4 rings (SSSR count). The number of halogens is 1. The molecule has 0 unspecified atom stereocenters. The van der Waals surface area contributed by atoms with Crippen LogP contribution in [0.1, 0.15) is 6.42 Å². The quantitative estimate of drug-likeness (QED) is 0.281. The van der Waals surface area contributed by atoms with Gasteiger partial charge in [0.25, 0.3) is 0 Å². The SMILES string of the molecule is N=c1cc(-c2cc3cccn3cn2)oc2ccc(OCCCI)cc12. The van der Waals surface area contributed by atoms with Gasteiger partial charge in [-0.15, -0.1) is 0 Å². The molecule has 25 heavy (non-hydrogen) atoms. The molecule has 3 heterocycles. The molecule has 0 bridgehead atoms. The van der Waals surface area contributed by atoms with Gasteiger partial charge in [0.2, 0.25) is 0 Å². The zero-order chi connectivity index (χ0) is 17.2. The Morgan fingerprint density at radius 2 is 2.12 bits per heavy atom. The van der Waals surface area contributed by atoms with E-state index in [4.69, 9.17) is 14.6 Å². The maximum absolute atomic E-state index is 8.35. The number of benzene rings is 1. The number of hydrogen-bond acceptors (Lipinski definition) is 4. The fourth-order valence-electron chi connectivity index (χ4n) is 2.70. The normalized spacial score (nSPS) is 11.2. The smallest absolute Gasteiger partial charge is 0.155 e. The Labute approximate surface area is 157 Å². The van der Waals surface area contributed by atoms with Gasteiger partial charge in [0.15, 0.2) is 5.76 Å². The Balaban J connectivity index is 1.73. The third-order valence-corrected chi connectivity index (χ3v) is 4.72. The molecule has 5 nitrogen and oxygen atoms in total. The van der Waals surface area contributed by atoms with E-state index in [-0.39, 0.29) is 0 Å². The highest BCUT2D eigenvalue weighted by atomic mass is 127. The molecule has 4 aromatic rings. The number of ether oxygens (including phenoxy) is 1. The van der Waals surface area contributed by atoms with Gasteiger partial charge < -0.3 is 13.6 Å². The second-order valence-corrected chi connectivity index (χ2v) is 6.77. The predicted octanol–water partition coefficient (Wildman–Crippen LogP) is 4.43. The first kappa shape index (κ1) is 16.1. The fraction of sp³-hybridized carbons (Fsp3) is 0.158. The van der Waals surface area contributed by atoms with Gasteiger partial charge in [0.1, 0.15) is 17.0 Å². The summed E-state index contributed by atoms with van der Waals surface area (Å²) in [5.41, 5.74) is 2.40. The van der Waals surface area contributed by atoms with Crippen molar-refractivity contribution < 1.29 is 9.15 Å². The van der Waals surface area contributed by atoms with Crippen LogP contribution in [0.2, 0.25) is 0 Å². The molecule has 0 aliphatic rings. The van der Waals surface area contributed by atoms with Crippen LogP contribution in [-0.2, 0) is 0 Å². The molecule has 0 saturated heterocycles. The summed E-state index contributed by atoms with van der Waals surface area (Å²) in [7, 11) is 0. The van der Waals surface area contributed by atoms with Crippen molar-refractivity contribution in [2.24, 2.45) is 0 Å². The molecule has 6 heteroatoms. The van der Waals surface area contributed by atoms with Crippen LogP contribution in [0.15, 0.2) is 59.4 Å². The average Bonchev–Trinajstić information content (AvgIpc) is 3.10. The summed E-state index contributed by atoms with van der Waals surface area (Å²) >= 11 is 2.33. The summed E-state index contributed by atoms with van der Waals surface area (Å²) < 4.78 is 14.7. The minimum Gasteiger partial charge on any atom is -0.494 e. The van der Waals surface area contributed by atoms with Crippen molar-refractivity contribution in [3.8, 4) is 17.2 Å². The molecule has 3 aromatic heterocycles. The molecule has 0 radical (unpaired) electrons. The first-order valence-corrected chi connectivity index (χ1v) is 9.51. The van der Waals surface area contributed by atoms with Crippen molar-refractivity contribution >= 4 is 39.1 Å². The molecular formula is C19H16IN3O2. The van der Waals surface area contributed by atoms with Crippen molar-refractivity contribution in [3.05, 3.63) is 60.3 Å². The number of alkyl halides is 1. The van der Waals surface area contributed by atoms with Crippen LogP contribution < -0.4 is 10.1 Å². The molecule has 1 aromatic carbocycles. The highest BCUT2D eigenvalue weighted by Gasteiger charge is 2.08. The van der Waals surface area contributed by atoms with E-state index in [0.717, 1.165) is 27.5 Å². The summed E-state index contributed by atoms with van der Waals surface area (Å²) in [5, 5.41) is 9.48. The lowest BCUT2D eigenvalue weighted by Crippen LogP contribution is -2.03. The molecular weight excluding hydrogens is 429 g/mol. The third kappa shape index (κ3) is 3.26. The van der Waals surface area contributed by atoms with E-state index < -0.39 is 0 Å².